The Kier molecular flexibility index (Phi) is 3.17. The van der Waals surface area contributed by atoms with Crippen molar-refractivity contribution >= 4 is 11.6 Å². The lowest BCUT2D eigenvalue weighted by Crippen LogP contribution is -2.32. The van der Waals surface area contributed by atoms with Gasteiger partial charge in [0, 0.05) is 16.5 Å². The minimum absolute atomic E-state index is 0.316. The van der Waals surface area contributed by atoms with Gasteiger partial charge in [0.15, 0.2) is 0 Å². The van der Waals surface area contributed by atoms with E-state index in [1.807, 2.05) is 0 Å². The predicted molar refractivity (Wildman–Crippen MR) is 65.6 cm³/mol. The zero-order valence-electron chi connectivity index (χ0n) is 9.72. The van der Waals surface area contributed by atoms with Gasteiger partial charge in [-0.2, -0.15) is 0 Å². The van der Waals surface area contributed by atoms with Crippen LogP contribution in [0, 0.1) is 0 Å². The number of hydrogen-bond acceptors (Lipinski definition) is 1. The van der Waals surface area contributed by atoms with Gasteiger partial charge in [0.1, 0.15) is 0 Å². The molecule has 17 heavy (non-hydrogen) atoms. The quantitative estimate of drug-likeness (QED) is 0.870. The van der Waals surface area contributed by atoms with Crippen molar-refractivity contribution in [1.29, 1.82) is 0 Å². The molecule has 1 saturated carbocycles. The molecule has 1 atom stereocenters. The average Bonchev–Trinajstić information content (AvgIpc) is 2.92. The van der Waals surface area contributed by atoms with Crippen LogP contribution in [0.4, 0.5) is 8.78 Å². The first-order valence-corrected chi connectivity index (χ1v) is 6.10. The van der Waals surface area contributed by atoms with Gasteiger partial charge in [-0.25, -0.2) is 8.78 Å². The second-order valence-electron chi connectivity index (χ2n) is 5.13. The highest BCUT2D eigenvalue weighted by Gasteiger charge is 2.46. The molecule has 2 N–H and O–H groups in total. The zero-order valence-corrected chi connectivity index (χ0v) is 10.5. The second kappa shape index (κ2) is 4.21. The van der Waals surface area contributed by atoms with Crippen LogP contribution in [0.1, 0.15) is 37.7 Å². The molecule has 1 aromatic rings. The minimum Gasteiger partial charge on any atom is -0.325 e. The molecule has 1 aromatic carbocycles. The molecule has 0 saturated heterocycles. The summed E-state index contributed by atoms with van der Waals surface area (Å²) in [5.41, 5.74) is 6.13. The van der Waals surface area contributed by atoms with Crippen LogP contribution < -0.4 is 5.73 Å². The highest BCUT2D eigenvalue weighted by molar-refractivity contribution is 6.30. The molecule has 1 fully saturated rings. The highest BCUT2D eigenvalue weighted by atomic mass is 35.5. The van der Waals surface area contributed by atoms with Crippen molar-refractivity contribution in [1.82, 2.24) is 0 Å². The van der Waals surface area contributed by atoms with E-state index in [0.717, 1.165) is 19.8 Å². The average molecular weight is 260 g/mol. The topological polar surface area (TPSA) is 26.0 Å². The van der Waals surface area contributed by atoms with Crippen molar-refractivity contribution in [3.63, 3.8) is 0 Å². The van der Waals surface area contributed by atoms with E-state index in [1.165, 1.54) is 0 Å². The van der Waals surface area contributed by atoms with Gasteiger partial charge in [-0.3, -0.25) is 0 Å². The number of benzene rings is 1. The maximum atomic E-state index is 13.7. The van der Waals surface area contributed by atoms with E-state index in [1.54, 1.807) is 24.3 Å². The molecule has 0 spiro atoms. The number of halogens is 3. The van der Waals surface area contributed by atoms with Gasteiger partial charge in [-0.05, 0) is 43.9 Å². The SMILES string of the molecule is CC(F)(F)C(CC1(N)CC1)c1cccc(Cl)c1. The maximum absolute atomic E-state index is 13.7. The van der Waals surface area contributed by atoms with Gasteiger partial charge in [0.25, 0.3) is 5.92 Å². The molecule has 4 heteroatoms. The molecule has 0 radical (unpaired) electrons. The molecule has 94 valence electrons. The van der Waals surface area contributed by atoms with Crippen molar-refractivity contribution < 1.29 is 8.78 Å². The lowest BCUT2D eigenvalue weighted by Gasteiger charge is -2.26. The fraction of sp³-hybridized carbons (Fsp3) is 0.538. The Labute approximate surface area is 105 Å². The summed E-state index contributed by atoms with van der Waals surface area (Å²) >= 11 is 5.85. The van der Waals surface area contributed by atoms with Gasteiger partial charge < -0.3 is 5.73 Å². The van der Waals surface area contributed by atoms with Crippen molar-refractivity contribution in [2.75, 3.05) is 0 Å². The van der Waals surface area contributed by atoms with Crippen LogP contribution in [-0.4, -0.2) is 11.5 Å². The van der Waals surface area contributed by atoms with Gasteiger partial charge >= 0.3 is 0 Å². The van der Waals surface area contributed by atoms with Gasteiger partial charge in [0.05, 0.1) is 0 Å². The Hall–Kier alpha value is -0.670. The van der Waals surface area contributed by atoms with Crippen molar-refractivity contribution in [2.24, 2.45) is 5.73 Å². The van der Waals surface area contributed by atoms with Crippen molar-refractivity contribution in [3.05, 3.63) is 34.9 Å². The Balaban J connectivity index is 2.26. The molecule has 0 aromatic heterocycles. The summed E-state index contributed by atoms with van der Waals surface area (Å²) < 4.78 is 27.3. The van der Waals surface area contributed by atoms with Crippen LogP contribution in [0.2, 0.25) is 5.02 Å². The molecule has 1 aliphatic carbocycles. The molecular weight excluding hydrogens is 244 g/mol. The number of nitrogens with two attached hydrogens (primary N) is 1. The summed E-state index contributed by atoms with van der Waals surface area (Å²) in [6.07, 6.45) is 1.98. The first-order chi connectivity index (χ1) is 7.80. The Morgan fingerprint density at radius 1 is 1.47 bits per heavy atom. The first kappa shape index (κ1) is 12.8. The molecule has 2 rings (SSSR count). The van der Waals surface area contributed by atoms with Crippen LogP contribution in [0.3, 0.4) is 0 Å². The Morgan fingerprint density at radius 3 is 2.59 bits per heavy atom. The normalized spacial score (nSPS) is 20.1. The molecular formula is C13H16ClF2N. The van der Waals surface area contributed by atoms with Crippen LogP contribution in [-0.2, 0) is 0 Å². The van der Waals surface area contributed by atoms with Gasteiger partial charge in [-0.1, -0.05) is 23.7 Å². The van der Waals surface area contributed by atoms with E-state index in [-0.39, 0.29) is 0 Å². The zero-order chi connectivity index (χ0) is 12.7. The summed E-state index contributed by atoms with van der Waals surface area (Å²) in [6, 6.07) is 6.69. The van der Waals surface area contributed by atoms with Crippen LogP contribution >= 0.6 is 11.6 Å². The summed E-state index contributed by atoms with van der Waals surface area (Å²) in [7, 11) is 0. The molecule has 1 nitrogen and oxygen atoms in total. The van der Waals surface area contributed by atoms with E-state index < -0.39 is 17.4 Å². The Bertz CT molecular complexity index is 410. The van der Waals surface area contributed by atoms with Crippen molar-refractivity contribution in [2.45, 2.75) is 43.6 Å². The molecule has 1 unspecified atom stereocenters. The predicted octanol–water partition coefficient (Wildman–Crippen LogP) is 3.96. The van der Waals surface area contributed by atoms with E-state index >= 15 is 0 Å². The van der Waals surface area contributed by atoms with Crippen molar-refractivity contribution in [3.8, 4) is 0 Å². The summed E-state index contributed by atoms with van der Waals surface area (Å²) in [4.78, 5) is 0. The number of alkyl halides is 2. The van der Waals surface area contributed by atoms with E-state index in [0.29, 0.717) is 17.0 Å². The standard InChI is InChI=1S/C13H16ClF2N/c1-12(15,16)11(8-13(17)5-6-13)9-3-2-4-10(14)7-9/h2-4,7,11H,5-6,8,17H2,1H3. The monoisotopic (exact) mass is 259 g/mol. The summed E-state index contributed by atoms with van der Waals surface area (Å²) in [5, 5.41) is 0.485. The fourth-order valence-corrected chi connectivity index (χ4v) is 2.28. The third-order valence-corrected chi connectivity index (χ3v) is 3.60. The number of hydrogen-bond donors (Lipinski definition) is 1. The molecule has 0 heterocycles. The molecule has 0 bridgehead atoms. The fourth-order valence-electron chi connectivity index (χ4n) is 2.08. The lowest BCUT2D eigenvalue weighted by molar-refractivity contribution is -0.0136. The molecule has 0 amide bonds. The summed E-state index contributed by atoms with van der Waals surface area (Å²) in [5.74, 6) is -3.63. The maximum Gasteiger partial charge on any atom is 0.252 e. The largest absolute Gasteiger partial charge is 0.325 e. The first-order valence-electron chi connectivity index (χ1n) is 5.72. The Morgan fingerprint density at radius 2 is 2.12 bits per heavy atom. The van der Waals surface area contributed by atoms with E-state index in [9.17, 15) is 8.78 Å². The third kappa shape index (κ3) is 3.17. The molecule has 1 aliphatic rings. The van der Waals surface area contributed by atoms with Gasteiger partial charge in [-0.15, -0.1) is 0 Å². The lowest BCUT2D eigenvalue weighted by atomic mass is 9.86. The second-order valence-corrected chi connectivity index (χ2v) is 5.57. The molecule has 0 aliphatic heterocycles. The van der Waals surface area contributed by atoms with E-state index in [2.05, 4.69) is 0 Å². The number of rotatable bonds is 4. The van der Waals surface area contributed by atoms with Crippen LogP contribution in [0.25, 0.3) is 0 Å². The third-order valence-electron chi connectivity index (χ3n) is 3.37. The summed E-state index contributed by atoms with van der Waals surface area (Å²) in [6.45, 7) is 0.949. The van der Waals surface area contributed by atoms with Crippen LogP contribution in [0.5, 0.6) is 0 Å². The smallest absolute Gasteiger partial charge is 0.252 e. The van der Waals surface area contributed by atoms with E-state index in [4.69, 9.17) is 17.3 Å². The minimum atomic E-state index is -2.78. The van der Waals surface area contributed by atoms with Gasteiger partial charge in [0.2, 0.25) is 0 Å². The highest BCUT2D eigenvalue weighted by Crippen LogP contribution is 2.46. The van der Waals surface area contributed by atoms with Crippen LogP contribution in [0.15, 0.2) is 24.3 Å².